The zero-order valence-electron chi connectivity index (χ0n) is 14.5. The molecule has 2 aromatic rings. The van der Waals surface area contributed by atoms with E-state index in [-0.39, 0.29) is 6.04 Å². The molecule has 1 N–H and O–H groups in total. The van der Waals surface area contributed by atoms with Crippen molar-refractivity contribution in [2.75, 3.05) is 6.26 Å². The maximum atomic E-state index is 11.5. The number of hydrogen-bond acceptors (Lipinski definition) is 3. The zero-order chi connectivity index (χ0) is 18.0. The van der Waals surface area contributed by atoms with Gasteiger partial charge in [0.2, 0.25) is 10.0 Å². The molecule has 0 aliphatic heterocycles. The third-order valence-corrected chi connectivity index (χ3v) is 5.24. The first-order chi connectivity index (χ1) is 11.9. The van der Waals surface area contributed by atoms with Gasteiger partial charge in [-0.25, -0.2) is 13.1 Å². The van der Waals surface area contributed by atoms with Crippen molar-refractivity contribution >= 4 is 21.2 Å². The standard InChI is InChI=1S/C20H22N2O2S/c1-4-18(15-9-11-21-12-10-15)14(2)16-5-7-19-17(13-16)6-8-20(19)22-25(3,23)24/h4-5,7,9-13,20,22H,2,6,8H2,1,3H3. The molecule has 1 aliphatic carbocycles. The van der Waals surface area contributed by atoms with Crippen molar-refractivity contribution in [3.63, 3.8) is 0 Å². The molecule has 1 aromatic carbocycles. The summed E-state index contributed by atoms with van der Waals surface area (Å²) in [6.07, 6.45) is 8.46. The number of fused-ring (bicyclic) bond motifs is 1. The van der Waals surface area contributed by atoms with E-state index < -0.39 is 10.0 Å². The van der Waals surface area contributed by atoms with Gasteiger partial charge in [-0.2, -0.15) is 0 Å². The van der Waals surface area contributed by atoms with Crippen LogP contribution >= 0.6 is 0 Å². The van der Waals surface area contributed by atoms with Gasteiger partial charge in [0.1, 0.15) is 0 Å². The Morgan fingerprint density at radius 3 is 2.60 bits per heavy atom. The number of rotatable bonds is 5. The van der Waals surface area contributed by atoms with Crippen LogP contribution in [0.15, 0.2) is 55.4 Å². The summed E-state index contributed by atoms with van der Waals surface area (Å²) >= 11 is 0. The summed E-state index contributed by atoms with van der Waals surface area (Å²) in [5.41, 5.74) is 6.42. The number of aryl methyl sites for hydroxylation is 1. The Bertz CT molecular complexity index is 931. The molecule has 1 atom stereocenters. The molecule has 5 heteroatoms. The van der Waals surface area contributed by atoms with Gasteiger partial charge in [-0.15, -0.1) is 0 Å². The Hall–Kier alpha value is -2.24. The Morgan fingerprint density at radius 1 is 1.24 bits per heavy atom. The number of hydrogen-bond donors (Lipinski definition) is 1. The Balaban J connectivity index is 1.89. The molecule has 25 heavy (non-hydrogen) atoms. The largest absolute Gasteiger partial charge is 0.265 e. The summed E-state index contributed by atoms with van der Waals surface area (Å²) in [6, 6.07) is 9.99. The molecule has 1 aliphatic rings. The molecule has 0 fully saturated rings. The molecule has 1 aromatic heterocycles. The number of nitrogens with one attached hydrogen (secondary N) is 1. The van der Waals surface area contributed by atoms with Crippen LogP contribution in [0.5, 0.6) is 0 Å². The van der Waals surface area contributed by atoms with Crippen LogP contribution in [0.25, 0.3) is 11.1 Å². The van der Waals surface area contributed by atoms with Gasteiger partial charge < -0.3 is 0 Å². The number of benzene rings is 1. The number of allylic oxidation sites excluding steroid dienone is 3. The first-order valence-corrected chi connectivity index (χ1v) is 10.1. The molecule has 0 bridgehead atoms. The lowest BCUT2D eigenvalue weighted by Gasteiger charge is -2.15. The quantitative estimate of drug-likeness (QED) is 0.832. The fourth-order valence-corrected chi connectivity index (χ4v) is 4.15. The van der Waals surface area contributed by atoms with Crippen molar-refractivity contribution < 1.29 is 8.42 Å². The van der Waals surface area contributed by atoms with E-state index in [1.807, 2.05) is 31.2 Å². The van der Waals surface area contributed by atoms with Crippen molar-refractivity contribution in [1.29, 1.82) is 0 Å². The van der Waals surface area contributed by atoms with E-state index in [0.29, 0.717) is 0 Å². The molecule has 1 heterocycles. The van der Waals surface area contributed by atoms with Gasteiger partial charge in [-0.1, -0.05) is 30.9 Å². The maximum Gasteiger partial charge on any atom is 0.209 e. The maximum absolute atomic E-state index is 11.5. The molecule has 0 amide bonds. The normalized spacial score (nSPS) is 17.4. The minimum absolute atomic E-state index is 0.131. The van der Waals surface area contributed by atoms with E-state index >= 15 is 0 Å². The topological polar surface area (TPSA) is 59.1 Å². The van der Waals surface area contributed by atoms with Crippen molar-refractivity contribution in [2.24, 2.45) is 0 Å². The average molecular weight is 354 g/mol. The number of sulfonamides is 1. The summed E-state index contributed by atoms with van der Waals surface area (Å²) in [7, 11) is -3.21. The van der Waals surface area contributed by atoms with Crippen LogP contribution in [-0.4, -0.2) is 19.7 Å². The van der Waals surface area contributed by atoms with Gasteiger partial charge in [0.05, 0.1) is 6.26 Å². The predicted molar refractivity (Wildman–Crippen MR) is 102 cm³/mol. The lowest BCUT2D eigenvalue weighted by molar-refractivity contribution is 0.560. The van der Waals surface area contributed by atoms with E-state index in [1.165, 1.54) is 11.8 Å². The highest BCUT2D eigenvalue weighted by molar-refractivity contribution is 7.88. The minimum Gasteiger partial charge on any atom is -0.265 e. The van der Waals surface area contributed by atoms with Crippen LogP contribution in [0.1, 0.15) is 41.6 Å². The summed E-state index contributed by atoms with van der Waals surface area (Å²) in [6.45, 7) is 6.28. The van der Waals surface area contributed by atoms with Crippen LogP contribution in [0.3, 0.4) is 0 Å². The van der Waals surface area contributed by atoms with Gasteiger partial charge in [0.15, 0.2) is 0 Å². The SMILES string of the molecule is C=C(C(=CC)c1ccncc1)c1ccc2c(c1)CCC2NS(C)(=O)=O. The fraction of sp³-hybridized carbons (Fsp3) is 0.250. The monoisotopic (exact) mass is 354 g/mol. The second-order valence-corrected chi connectivity index (χ2v) is 8.09. The smallest absolute Gasteiger partial charge is 0.209 e. The van der Waals surface area contributed by atoms with Crippen LogP contribution in [0.4, 0.5) is 0 Å². The van der Waals surface area contributed by atoms with Gasteiger partial charge in [-0.3, -0.25) is 4.98 Å². The molecule has 0 spiro atoms. The highest BCUT2D eigenvalue weighted by atomic mass is 32.2. The number of nitrogens with zero attached hydrogens (tertiary/aromatic N) is 1. The third kappa shape index (κ3) is 3.89. The first-order valence-electron chi connectivity index (χ1n) is 8.25. The summed E-state index contributed by atoms with van der Waals surface area (Å²) < 4.78 is 25.8. The lowest BCUT2D eigenvalue weighted by atomic mass is 9.92. The van der Waals surface area contributed by atoms with Gasteiger partial charge in [0, 0.05) is 18.4 Å². The van der Waals surface area contributed by atoms with Crippen molar-refractivity contribution in [1.82, 2.24) is 9.71 Å². The fourth-order valence-electron chi connectivity index (χ4n) is 3.39. The molecule has 4 nitrogen and oxygen atoms in total. The summed E-state index contributed by atoms with van der Waals surface area (Å²) in [5, 5.41) is 0. The minimum atomic E-state index is -3.21. The highest BCUT2D eigenvalue weighted by Gasteiger charge is 2.25. The predicted octanol–water partition coefficient (Wildman–Crippen LogP) is 3.73. The highest BCUT2D eigenvalue weighted by Crippen LogP contribution is 2.36. The van der Waals surface area contributed by atoms with E-state index in [4.69, 9.17) is 0 Å². The average Bonchev–Trinajstić information content (AvgIpc) is 2.97. The molecule has 0 saturated carbocycles. The molecule has 3 rings (SSSR count). The summed E-state index contributed by atoms with van der Waals surface area (Å²) in [4.78, 5) is 4.07. The van der Waals surface area contributed by atoms with Crippen LogP contribution in [0, 0.1) is 0 Å². The van der Waals surface area contributed by atoms with Gasteiger partial charge >= 0.3 is 0 Å². The van der Waals surface area contributed by atoms with E-state index in [0.717, 1.165) is 40.7 Å². The first kappa shape index (κ1) is 17.6. The second kappa shape index (κ2) is 6.94. The van der Waals surface area contributed by atoms with E-state index in [9.17, 15) is 8.42 Å². The van der Waals surface area contributed by atoms with Crippen LogP contribution in [0.2, 0.25) is 0 Å². The Morgan fingerprint density at radius 2 is 1.96 bits per heavy atom. The second-order valence-electron chi connectivity index (χ2n) is 6.31. The van der Waals surface area contributed by atoms with Crippen molar-refractivity contribution in [2.45, 2.75) is 25.8 Å². The number of aromatic nitrogens is 1. The van der Waals surface area contributed by atoms with E-state index in [1.54, 1.807) is 12.4 Å². The molecular weight excluding hydrogens is 332 g/mol. The number of pyridine rings is 1. The molecule has 1 unspecified atom stereocenters. The third-order valence-electron chi connectivity index (χ3n) is 4.53. The van der Waals surface area contributed by atoms with Gasteiger partial charge in [-0.05, 0) is 65.3 Å². The Kier molecular flexibility index (Phi) is 4.88. The molecule has 0 radical (unpaired) electrons. The van der Waals surface area contributed by atoms with Gasteiger partial charge in [0.25, 0.3) is 0 Å². The lowest BCUT2D eigenvalue weighted by Crippen LogP contribution is -2.25. The Labute approximate surface area is 149 Å². The van der Waals surface area contributed by atoms with Crippen molar-refractivity contribution in [3.8, 4) is 0 Å². The van der Waals surface area contributed by atoms with Crippen LogP contribution in [-0.2, 0) is 16.4 Å². The summed E-state index contributed by atoms with van der Waals surface area (Å²) in [5.74, 6) is 0. The molecule has 0 saturated heterocycles. The van der Waals surface area contributed by atoms with E-state index in [2.05, 4.69) is 28.4 Å². The van der Waals surface area contributed by atoms with Crippen molar-refractivity contribution in [3.05, 3.63) is 77.6 Å². The molecular formula is C20H22N2O2S. The van der Waals surface area contributed by atoms with Crippen LogP contribution < -0.4 is 4.72 Å². The molecule has 130 valence electrons. The zero-order valence-corrected chi connectivity index (χ0v) is 15.3.